The van der Waals surface area contributed by atoms with Gasteiger partial charge >= 0.3 is 5.97 Å². The Hall–Kier alpha value is -1.05. The number of hydrogen-bond acceptors (Lipinski definition) is 4. The van der Waals surface area contributed by atoms with Crippen molar-refractivity contribution in [1.82, 2.24) is 0 Å². The van der Waals surface area contributed by atoms with E-state index in [1.165, 1.54) is 13.3 Å². The van der Waals surface area contributed by atoms with Gasteiger partial charge in [-0.2, -0.15) is 0 Å². The Kier molecular flexibility index (Phi) is 6.46. The molecule has 0 amide bonds. The van der Waals surface area contributed by atoms with Crippen LogP contribution in [-0.2, 0) is 19.3 Å². The average Bonchev–Trinajstić information content (AvgIpc) is 2.44. The second-order valence-electron chi connectivity index (χ2n) is 7.19. The van der Waals surface area contributed by atoms with E-state index >= 15 is 0 Å². The first-order chi connectivity index (χ1) is 10.1. The average molecular weight is 310 g/mol. The van der Waals surface area contributed by atoms with Crippen molar-refractivity contribution in [2.24, 2.45) is 0 Å². The molecule has 0 aromatic heterocycles. The third-order valence-corrected chi connectivity index (χ3v) is 3.92. The highest BCUT2D eigenvalue weighted by molar-refractivity contribution is 5.67. The van der Waals surface area contributed by atoms with Crippen LogP contribution in [0.25, 0.3) is 0 Å². The van der Waals surface area contributed by atoms with E-state index in [1.807, 2.05) is 34.6 Å². The molecule has 4 nitrogen and oxygen atoms in total. The zero-order valence-corrected chi connectivity index (χ0v) is 14.9. The van der Waals surface area contributed by atoms with Gasteiger partial charge in [-0.1, -0.05) is 25.2 Å². The van der Waals surface area contributed by atoms with Gasteiger partial charge in [-0.25, -0.2) is 9.78 Å². The summed E-state index contributed by atoms with van der Waals surface area (Å²) < 4.78 is 5.53. The van der Waals surface area contributed by atoms with E-state index in [0.717, 1.165) is 32.1 Å². The molecule has 0 aromatic rings. The second-order valence-corrected chi connectivity index (χ2v) is 7.19. The van der Waals surface area contributed by atoms with Gasteiger partial charge in [0.15, 0.2) is 11.2 Å². The minimum Gasteiger partial charge on any atom is -0.446 e. The minimum atomic E-state index is -0.753. The highest BCUT2D eigenvalue weighted by Gasteiger charge is 2.34. The number of carbonyl (C=O) groups excluding carboxylic acids is 1. The number of esters is 1. The molecule has 0 saturated heterocycles. The van der Waals surface area contributed by atoms with Gasteiger partial charge in [0, 0.05) is 6.92 Å². The minimum absolute atomic E-state index is 0.279. The Bertz CT molecular complexity index is 434. The van der Waals surface area contributed by atoms with Crippen LogP contribution < -0.4 is 0 Å². The summed E-state index contributed by atoms with van der Waals surface area (Å²) in [5, 5.41) is 0. The summed E-state index contributed by atoms with van der Waals surface area (Å²) in [6.07, 6.45) is 5.64. The molecule has 1 fully saturated rings. The van der Waals surface area contributed by atoms with Crippen molar-refractivity contribution in [3.63, 3.8) is 0 Å². The van der Waals surface area contributed by atoms with E-state index in [9.17, 15) is 4.79 Å². The quantitative estimate of drug-likeness (QED) is 0.331. The summed E-state index contributed by atoms with van der Waals surface area (Å²) in [6.45, 7) is 11.1. The third-order valence-electron chi connectivity index (χ3n) is 3.92. The molecule has 126 valence electrons. The lowest BCUT2D eigenvalue weighted by atomic mass is 9.84. The fraction of sp³-hybridized carbons (Fsp3) is 0.833. The molecule has 4 heteroatoms. The Morgan fingerprint density at radius 3 is 2.18 bits per heavy atom. The van der Waals surface area contributed by atoms with E-state index in [1.54, 1.807) is 0 Å². The molecular formula is C18H30O4. The molecule has 1 aliphatic rings. The molecule has 1 aliphatic carbocycles. The fourth-order valence-electron chi connectivity index (χ4n) is 2.21. The van der Waals surface area contributed by atoms with Crippen LogP contribution in [0.15, 0.2) is 0 Å². The van der Waals surface area contributed by atoms with Gasteiger partial charge in [-0.3, -0.25) is 4.79 Å². The molecule has 0 atom stereocenters. The van der Waals surface area contributed by atoms with Crippen LogP contribution in [0, 0.1) is 11.8 Å². The first kappa shape index (κ1) is 19.0. The summed E-state index contributed by atoms with van der Waals surface area (Å²) in [7, 11) is 0. The fourth-order valence-corrected chi connectivity index (χ4v) is 2.21. The van der Waals surface area contributed by atoms with Gasteiger partial charge in [0.1, 0.15) is 0 Å². The predicted molar refractivity (Wildman–Crippen MR) is 86.0 cm³/mol. The van der Waals surface area contributed by atoms with Gasteiger partial charge in [-0.15, -0.1) is 0 Å². The smallest absolute Gasteiger partial charge is 0.304 e. The predicted octanol–water partition coefficient (Wildman–Crippen LogP) is 4.17. The summed E-state index contributed by atoms with van der Waals surface area (Å²) >= 11 is 0. The van der Waals surface area contributed by atoms with Crippen molar-refractivity contribution in [2.75, 3.05) is 0 Å². The van der Waals surface area contributed by atoms with Crippen LogP contribution in [0.1, 0.15) is 80.1 Å². The lowest BCUT2D eigenvalue weighted by molar-refractivity contribution is -0.388. The molecule has 0 heterocycles. The molecule has 0 unspecified atom stereocenters. The van der Waals surface area contributed by atoms with Crippen LogP contribution in [0.3, 0.4) is 0 Å². The van der Waals surface area contributed by atoms with E-state index < -0.39 is 11.2 Å². The van der Waals surface area contributed by atoms with E-state index in [-0.39, 0.29) is 11.6 Å². The zero-order chi connectivity index (χ0) is 16.9. The number of carbonyl (C=O) groups is 1. The van der Waals surface area contributed by atoms with Gasteiger partial charge in [0.05, 0.1) is 5.60 Å². The van der Waals surface area contributed by atoms with E-state index in [0.29, 0.717) is 0 Å². The summed E-state index contributed by atoms with van der Waals surface area (Å²) in [5.74, 6) is 5.98. The van der Waals surface area contributed by atoms with Gasteiger partial charge in [0.25, 0.3) is 0 Å². The topological polar surface area (TPSA) is 44.8 Å². The SMILES string of the molecule is CCC(C)(C)OOC(C)(C)C#CC1(OC(C)=O)CCCCC1. The molecule has 1 rings (SSSR count). The van der Waals surface area contributed by atoms with Crippen LogP contribution in [0.4, 0.5) is 0 Å². The van der Waals surface area contributed by atoms with Gasteiger partial charge in [-0.05, 0) is 59.8 Å². The van der Waals surface area contributed by atoms with Crippen molar-refractivity contribution >= 4 is 5.97 Å². The number of hydrogen-bond donors (Lipinski definition) is 0. The molecule has 0 radical (unpaired) electrons. The first-order valence-corrected chi connectivity index (χ1v) is 8.21. The maximum atomic E-state index is 11.4. The molecule has 0 aliphatic heterocycles. The highest BCUT2D eigenvalue weighted by Crippen LogP contribution is 2.31. The monoisotopic (exact) mass is 310 g/mol. The Balaban J connectivity index is 2.79. The molecule has 0 aromatic carbocycles. The molecular weight excluding hydrogens is 280 g/mol. The largest absolute Gasteiger partial charge is 0.446 e. The van der Waals surface area contributed by atoms with Crippen molar-refractivity contribution in [3.8, 4) is 11.8 Å². The number of rotatable bonds is 5. The van der Waals surface area contributed by atoms with Crippen molar-refractivity contribution < 1.29 is 19.3 Å². The van der Waals surface area contributed by atoms with Gasteiger partial charge < -0.3 is 4.74 Å². The second kappa shape index (κ2) is 7.48. The molecule has 0 bridgehead atoms. The lowest BCUT2D eigenvalue weighted by Gasteiger charge is -2.32. The van der Waals surface area contributed by atoms with E-state index in [4.69, 9.17) is 14.5 Å². The molecule has 22 heavy (non-hydrogen) atoms. The van der Waals surface area contributed by atoms with Crippen LogP contribution in [-0.4, -0.2) is 22.8 Å². The van der Waals surface area contributed by atoms with Crippen LogP contribution in [0.5, 0.6) is 0 Å². The maximum absolute atomic E-state index is 11.4. The normalized spacial score (nSPS) is 18.3. The number of ether oxygens (including phenoxy) is 1. The summed E-state index contributed by atoms with van der Waals surface area (Å²) in [5.41, 5.74) is -1.76. The molecule has 1 saturated carbocycles. The molecule has 0 N–H and O–H groups in total. The van der Waals surface area contributed by atoms with Crippen LogP contribution in [0.2, 0.25) is 0 Å². The van der Waals surface area contributed by atoms with Gasteiger partial charge in [0.2, 0.25) is 0 Å². The van der Waals surface area contributed by atoms with E-state index in [2.05, 4.69) is 11.8 Å². The van der Waals surface area contributed by atoms with Crippen LogP contribution >= 0.6 is 0 Å². The lowest BCUT2D eigenvalue weighted by Crippen LogP contribution is -2.36. The Morgan fingerprint density at radius 2 is 1.68 bits per heavy atom. The standard InChI is InChI=1S/C18H30O4/c1-7-16(3,4)21-22-17(5,6)13-14-18(20-15(2)19)11-9-8-10-12-18/h7-12H2,1-6H3. The Morgan fingerprint density at radius 1 is 1.09 bits per heavy atom. The van der Waals surface area contributed by atoms with Crippen molar-refractivity contribution in [2.45, 2.75) is 96.9 Å². The Labute approximate surface area is 134 Å². The highest BCUT2D eigenvalue weighted by atomic mass is 17.2. The summed E-state index contributed by atoms with van der Waals surface area (Å²) in [6, 6.07) is 0. The zero-order valence-electron chi connectivity index (χ0n) is 14.9. The third kappa shape index (κ3) is 6.37. The summed E-state index contributed by atoms with van der Waals surface area (Å²) in [4.78, 5) is 22.4. The molecule has 0 spiro atoms. The van der Waals surface area contributed by atoms with Crippen molar-refractivity contribution in [1.29, 1.82) is 0 Å². The first-order valence-electron chi connectivity index (χ1n) is 8.21. The maximum Gasteiger partial charge on any atom is 0.304 e. The van der Waals surface area contributed by atoms with Crippen molar-refractivity contribution in [3.05, 3.63) is 0 Å².